The van der Waals surface area contributed by atoms with Gasteiger partial charge in [-0.2, -0.15) is 0 Å². The van der Waals surface area contributed by atoms with Gasteiger partial charge in [0.25, 0.3) is 5.91 Å². The van der Waals surface area contributed by atoms with Gasteiger partial charge >= 0.3 is 0 Å². The van der Waals surface area contributed by atoms with Crippen LogP contribution in [0.5, 0.6) is 5.75 Å². The van der Waals surface area contributed by atoms with Gasteiger partial charge in [-0.05, 0) is 18.2 Å². The topological polar surface area (TPSA) is 85.0 Å². The van der Waals surface area contributed by atoms with Gasteiger partial charge in [-0.25, -0.2) is 0 Å². The lowest BCUT2D eigenvalue weighted by Crippen LogP contribution is -2.47. The SMILES string of the molecule is COc1cc(C(=O)N(C)CC2(O)CCOCC2)ccc1N. The number of aliphatic hydroxyl groups is 1. The van der Waals surface area contributed by atoms with Crippen molar-refractivity contribution in [2.24, 2.45) is 0 Å². The number of nitrogen functional groups attached to an aromatic ring is 1. The molecule has 0 radical (unpaired) electrons. The second-order valence-electron chi connectivity index (χ2n) is 5.45. The number of ether oxygens (including phenoxy) is 2. The van der Waals surface area contributed by atoms with Crippen molar-refractivity contribution < 1.29 is 19.4 Å². The highest BCUT2D eigenvalue weighted by Gasteiger charge is 2.32. The monoisotopic (exact) mass is 294 g/mol. The van der Waals surface area contributed by atoms with Crippen molar-refractivity contribution in [3.8, 4) is 5.75 Å². The smallest absolute Gasteiger partial charge is 0.253 e. The van der Waals surface area contributed by atoms with Gasteiger partial charge in [0.15, 0.2) is 0 Å². The van der Waals surface area contributed by atoms with E-state index in [4.69, 9.17) is 15.2 Å². The van der Waals surface area contributed by atoms with E-state index in [1.807, 2.05) is 0 Å². The van der Waals surface area contributed by atoms with Gasteiger partial charge in [-0.3, -0.25) is 4.79 Å². The predicted molar refractivity (Wildman–Crippen MR) is 79.4 cm³/mol. The zero-order chi connectivity index (χ0) is 15.5. The Kier molecular flexibility index (Phi) is 4.69. The first-order valence-corrected chi connectivity index (χ1v) is 6.94. The summed E-state index contributed by atoms with van der Waals surface area (Å²) in [5.74, 6) is 0.298. The summed E-state index contributed by atoms with van der Waals surface area (Å²) in [6, 6.07) is 4.91. The predicted octanol–water partition coefficient (Wildman–Crippen LogP) is 0.891. The Balaban J connectivity index is 2.08. The number of nitrogens with zero attached hydrogens (tertiary/aromatic N) is 1. The number of carbonyl (C=O) groups is 1. The highest BCUT2D eigenvalue weighted by molar-refractivity contribution is 5.95. The number of anilines is 1. The van der Waals surface area contributed by atoms with Crippen molar-refractivity contribution >= 4 is 11.6 Å². The molecule has 21 heavy (non-hydrogen) atoms. The molecule has 0 atom stereocenters. The number of nitrogens with two attached hydrogens (primary N) is 1. The molecule has 6 heteroatoms. The van der Waals surface area contributed by atoms with Gasteiger partial charge in [-0.15, -0.1) is 0 Å². The maximum Gasteiger partial charge on any atom is 0.253 e. The van der Waals surface area contributed by atoms with E-state index in [-0.39, 0.29) is 12.5 Å². The van der Waals surface area contributed by atoms with Crippen LogP contribution in [0.3, 0.4) is 0 Å². The fourth-order valence-electron chi connectivity index (χ4n) is 2.49. The minimum absolute atomic E-state index is 0.173. The van der Waals surface area contributed by atoms with E-state index in [2.05, 4.69) is 0 Å². The third kappa shape index (κ3) is 3.65. The molecule has 3 N–H and O–H groups in total. The Morgan fingerprint density at radius 3 is 2.76 bits per heavy atom. The molecular weight excluding hydrogens is 272 g/mol. The highest BCUT2D eigenvalue weighted by Crippen LogP contribution is 2.25. The van der Waals surface area contributed by atoms with E-state index >= 15 is 0 Å². The summed E-state index contributed by atoms with van der Waals surface area (Å²) in [5, 5.41) is 10.5. The van der Waals surface area contributed by atoms with Crippen LogP contribution >= 0.6 is 0 Å². The number of benzene rings is 1. The molecule has 0 spiro atoms. The Bertz CT molecular complexity index is 512. The van der Waals surface area contributed by atoms with Crippen molar-refractivity contribution in [2.75, 3.05) is 39.6 Å². The minimum Gasteiger partial charge on any atom is -0.495 e. The Labute approximate surface area is 124 Å². The molecule has 1 aromatic rings. The summed E-state index contributed by atoms with van der Waals surface area (Å²) in [6.45, 7) is 1.32. The third-order valence-corrected chi connectivity index (χ3v) is 3.78. The van der Waals surface area contributed by atoms with Crippen molar-refractivity contribution in [3.05, 3.63) is 23.8 Å². The molecule has 1 aliphatic heterocycles. The summed E-state index contributed by atoms with van der Waals surface area (Å²) in [7, 11) is 3.19. The maximum atomic E-state index is 12.4. The van der Waals surface area contributed by atoms with Crippen LogP contribution in [0.2, 0.25) is 0 Å². The molecule has 6 nitrogen and oxygen atoms in total. The van der Waals surface area contributed by atoms with E-state index in [0.717, 1.165) is 0 Å². The molecule has 0 aliphatic carbocycles. The minimum atomic E-state index is -0.874. The van der Waals surface area contributed by atoms with Crippen LogP contribution in [0.4, 0.5) is 5.69 Å². The molecule has 1 fully saturated rings. The van der Waals surface area contributed by atoms with Gasteiger partial charge in [0.05, 0.1) is 18.4 Å². The van der Waals surface area contributed by atoms with Crippen molar-refractivity contribution in [3.63, 3.8) is 0 Å². The number of hydrogen-bond acceptors (Lipinski definition) is 5. The van der Waals surface area contributed by atoms with Crippen LogP contribution in [0, 0.1) is 0 Å². The van der Waals surface area contributed by atoms with Crippen molar-refractivity contribution in [1.82, 2.24) is 4.90 Å². The fourth-order valence-corrected chi connectivity index (χ4v) is 2.49. The lowest BCUT2D eigenvalue weighted by molar-refractivity contribution is -0.0734. The molecule has 0 bridgehead atoms. The van der Waals surface area contributed by atoms with Crippen molar-refractivity contribution in [1.29, 1.82) is 0 Å². The van der Waals surface area contributed by atoms with E-state index in [0.29, 0.717) is 43.1 Å². The number of carbonyl (C=O) groups excluding carboxylic acids is 1. The molecule has 1 aliphatic rings. The van der Waals surface area contributed by atoms with Crippen LogP contribution in [-0.4, -0.2) is 55.4 Å². The molecule has 1 saturated heterocycles. The third-order valence-electron chi connectivity index (χ3n) is 3.78. The van der Waals surface area contributed by atoms with Crippen LogP contribution in [0.15, 0.2) is 18.2 Å². The largest absolute Gasteiger partial charge is 0.495 e. The van der Waals surface area contributed by atoms with Crippen molar-refractivity contribution in [2.45, 2.75) is 18.4 Å². The summed E-state index contributed by atoms with van der Waals surface area (Å²) >= 11 is 0. The Morgan fingerprint density at radius 1 is 1.48 bits per heavy atom. The number of hydrogen-bond donors (Lipinski definition) is 2. The number of methoxy groups -OCH3 is 1. The first kappa shape index (κ1) is 15.6. The van der Waals surface area contributed by atoms with Gasteiger partial charge in [0, 0.05) is 45.2 Å². The van der Waals surface area contributed by atoms with Gasteiger partial charge in [0.1, 0.15) is 5.75 Å². The zero-order valence-corrected chi connectivity index (χ0v) is 12.5. The van der Waals surface area contributed by atoms with E-state index in [9.17, 15) is 9.90 Å². The molecular formula is C15H22N2O4. The first-order chi connectivity index (χ1) is 9.95. The number of likely N-dealkylation sites (N-methyl/N-ethyl adjacent to an activating group) is 1. The molecule has 0 unspecified atom stereocenters. The van der Waals surface area contributed by atoms with Crippen LogP contribution in [-0.2, 0) is 4.74 Å². The highest BCUT2D eigenvalue weighted by atomic mass is 16.5. The van der Waals surface area contributed by atoms with E-state index in [1.54, 1.807) is 25.2 Å². The van der Waals surface area contributed by atoms with E-state index < -0.39 is 5.60 Å². The van der Waals surface area contributed by atoms with Gasteiger partial charge in [0.2, 0.25) is 0 Å². The zero-order valence-electron chi connectivity index (χ0n) is 12.5. The second-order valence-corrected chi connectivity index (χ2v) is 5.45. The maximum absolute atomic E-state index is 12.4. The second kappa shape index (κ2) is 6.32. The summed E-state index contributed by atoms with van der Waals surface area (Å²) in [6.07, 6.45) is 1.07. The normalized spacial score (nSPS) is 17.3. The molecule has 116 valence electrons. The lowest BCUT2D eigenvalue weighted by atomic mass is 9.93. The first-order valence-electron chi connectivity index (χ1n) is 6.94. The average Bonchev–Trinajstić information content (AvgIpc) is 2.47. The molecule has 1 amide bonds. The molecule has 0 aromatic heterocycles. The quantitative estimate of drug-likeness (QED) is 0.806. The average molecular weight is 294 g/mol. The summed E-state index contributed by atoms with van der Waals surface area (Å²) < 4.78 is 10.4. The standard InChI is InChI=1S/C15H22N2O4/c1-17(10-15(19)5-7-21-8-6-15)14(18)11-3-4-12(16)13(9-11)20-2/h3-4,9,19H,5-8,10,16H2,1-2H3. The summed E-state index contributed by atoms with van der Waals surface area (Å²) in [4.78, 5) is 14.0. The number of amides is 1. The van der Waals surface area contributed by atoms with Crippen LogP contribution in [0.25, 0.3) is 0 Å². The van der Waals surface area contributed by atoms with Crippen LogP contribution in [0.1, 0.15) is 23.2 Å². The fraction of sp³-hybridized carbons (Fsp3) is 0.533. The molecule has 2 rings (SSSR count). The van der Waals surface area contributed by atoms with E-state index in [1.165, 1.54) is 12.0 Å². The van der Waals surface area contributed by atoms with Gasteiger partial charge < -0.3 is 25.2 Å². The molecule has 1 heterocycles. The number of rotatable bonds is 4. The Morgan fingerprint density at radius 2 is 2.14 bits per heavy atom. The summed E-state index contributed by atoms with van der Waals surface area (Å²) in [5.41, 5.74) is 5.84. The van der Waals surface area contributed by atoms with Crippen LogP contribution < -0.4 is 10.5 Å². The lowest BCUT2D eigenvalue weighted by Gasteiger charge is -2.35. The Hall–Kier alpha value is -1.79. The van der Waals surface area contributed by atoms with Gasteiger partial charge in [-0.1, -0.05) is 0 Å². The molecule has 0 saturated carbocycles. The molecule has 1 aromatic carbocycles.